The molecule has 0 spiro atoms. The third kappa shape index (κ3) is 4.80. The van der Waals surface area contributed by atoms with Crippen LogP contribution in [0.3, 0.4) is 0 Å². The van der Waals surface area contributed by atoms with Crippen molar-refractivity contribution >= 4 is 50.6 Å². The molecule has 6 nitrogen and oxygen atoms in total. The average Bonchev–Trinajstić information content (AvgIpc) is 3.09. The highest BCUT2D eigenvalue weighted by Crippen LogP contribution is 2.32. The first-order valence-corrected chi connectivity index (χ1v) is 10.5. The SMILES string of the molecule is CC.O[n+]1cccc(CNc2cc(-c3ccc(Cl)cc3Cl)nc3c(Br)cnn23)c1. The molecule has 150 valence electrons. The summed E-state index contributed by atoms with van der Waals surface area (Å²) in [6.45, 7) is 4.49. The first-order chi connectivity index (χ1) is 14.0. The Morgan fingerprint density at radius 3 is 2.72 bits per heavy atom. The average molecular weight is 496 g/mol. The lowest BCUT2D eigenvalue weighted by atomic mass is 10.1. The molecular formula is C20H19BrCl2N5O+. The van der Waals surface area contributed by atoms with Crippen LogP contribution >= 0.6 is 39.1 Å². The van der Waals surface area contributed by atoms with Gasteiger partial charge in [-0.25, -0.2) is 4.98 Å². The molecular weight excluding hydrogens is 477 g/mol. The molecule has 9 heteroatoms. The second-order valence-electron chi connectivity index (χ2n) is 5.82. The molecule has 0 bridgehead atoms. The summed E-state index contributed by atoms with van der Waals surface area (Å²) in [5.74, 6) is 0.736. The van der Waals surface area contributed by atoms with Crippen LogP contribution in [0.15, 0.2) is 59.5 Å². The van der Waals surface area contributed by atoms with Crippen LogP contribution in [0.4, 0.5) is 5.82 Å². The van der Waals surface area contributed by atoms with Gasteiger partial charge in [-0.05, 0) is 40.2 Å². The molecule has 1 aromatic carbocycles. The second-order valence-corrected chi connectivity index (χ2v) is 7.52. The van der Waals surface area contributed by atoms with Crippen molar-refractivity contribution in [3.05, 3.63) is 75.1 Å². The van der Waals surface area contributed by atoms with E-state index in [2.05, 4.69) is 31.3 Å². The molecule has 29 heavy (non-hydrogen) atoms. The minimum atomic E-state index is 0.492. The van der Waals surface area contributed by atoms with Gasteiger partial charge in [-0.2, -0.15) is 9.61 Å². The predicted molar refractivity (Wildman–Crippen MR) is 119 cm³/mol. The number of aromatic nitrogens is 4. The molecule has 0 unspecified atom stereocenters. The van der Waals surface area contributed by atoms with Gasteiger partial charge in [0.2, 0.25) is 12.4 Å². The molecule has 4 rings (SSSR count). The van der Waals surface area contributed by atoms with Crippen LogP contribution in [0.25, 0.3) is 16.9 Å². The van der Waals surface area contributed by atoms with Crippen molar-refractivity contribution < 1.29 is 9.94 Å². The zero-order valence-electron chi connectivity index (χ0n) is 15.8. The Morgan fingerprint density at radius 1 is 1.21 bits per heavy atom. The molecule has 0 aliphatic rings. The zero-order valence-corrected chi connectivity index (χ0v) is 18.9. The Morgan fingerprint density at radius 2 is 2.00 bits per heavy atom. The van der Waals surface area contributed by atoms with E-state index in [1.54, 1.807) is 41.3 Å². The van der Waals surface area contributed by atoms with Crippen molar-refractivity contribution in [2.45, 2.75) is 20.4 Å². The fourth-order valence-electron chi connectivity index (χ4n) is 2.71. The van der Waals surface area contributed by atoms with E-state index in [-0.39, 0.29) is 0 Å². The summed E-state index contributed by atoms with van der Waals surface area (Å²) in [5.41, 5.74) is 3.03. The van der Waals surface area contributed by atoms with Crippen molar-refractivity contribution in [1.82, 2.24) is 14.6 Å². The van der Waals surface area contributed by atoms with E-state index in [0.717, 1.165) is 26.1 Å². The minimum Gasteiger partial charge on any atom is -0.366 e. The summed E-state index contributed by atoms with van der Waals surface area (Å²) in [6, 6.07) is 10.8. The largest absolute Gasteiger partial charge is 0.366 e. The van der Waals surface area contributed by atoms with Gasteiger partial charge in [-0.15, -0.1) is 0 Å². The molecule has 3 aromatic heterocycles. The standard InChI is InChI=1S/C18H13BrCl2N5O.C2H6/c19-14-9-23-26-17(22-8-11-2-1-5-25(27)10-11)7-16(24-18(14)26)13-4-3-12(20)6-15(13)21;1-2/h1-7,9-10,22,27H,8H2;1-2H3/q+1;. The Balaban J connectivity index is 0.00000117. The number of nitrogens with zero attached hydrogens (tertiary/aromatic N) is 4. The number of pyridine rings is 1. The quantitative estimate of drug-likeness (QED) is 0.284. The maximum atomic E-state index is 9.56. The summed E-state index contributed by atoms with van der Waals surface area (Å²) in [4.78, 5) is 4.67. The molecule has 0 fully saturated rings. The molecule has 0 amide bonds. The van der Waals surface area contributed by atoms with Crippen LogP contribution in [0.1, 0.15) is 19.4 Å². The van der Waals surface area contributed by atoms with E-state index in [1.165, 1.54) is 0 Å². The number of nitrogens with one attached hydrogen (secondary N) is 1. The number of anilines is 1. The zero-order chi connectivity index (χ0) is 21.0. The van der Waals surface area contributed by atoms with Crippen molar-refractivity contribution in [2.24, 2.45) is 0 Å². The van der Waals surface area contributed by atoms with Crippen LogP contribution < -0.4 is 10.0 Å². The fourth-order valence-corrected chi connectivity index (χ4v) is 3.56. The molecule has 0 saturated carbocycles. The normalized spacial score (nSPS) is 10.5. The lowest BCUT2D eigenvalue weighted by Crippen LogP contribution is -2.29. The van der Waals surface area contributed by atoms with Gasteiger partial charge in [0.15, 0.2) is 5.65 Å². The van der Waals surface area contributed by atoms with Crippen LogP contribution in [-0.4, -0.2) is 19.8 Å². The topological polar surface area (TPSA) is 66.3 Å². The van der Waals surface area contributed by atoms with E-state index in [9.17, 15) is 5.21 Å². The monoisotopic (exact) mass is 494 g/mol. The van der Waals surface area contributed by atoms with Gasteiger partial charge >= 0.3 is 0 Å². The van der Waals surface area contributed by atoms with Crippen molar-refractivity contribution in [3.8, 4) is 11.3 Å². The van der Waals surface area contributed by atoms with E-state index >= 15 is 0 Å². The van der Waals surface area contributed by atoms with Crippen LogP contribution in [0, 0.1) is 0 Å². The number of fused-ring (bicyclic) bond motifs is 1. The molecule has 0 saturated heterocycles. The van der Waals surface area contributed by atoms with Gasteiger partial charge in [-0.1, -0.05) is 37.0 Å². The molecule has 0 atom stereocenters. The maximum Gasteiger partial charge on any atom is 0.227 e. The van der Waals surface area contributed by atoms with Gasteiger partial charge < -0.3 is 5.32 Å². The van der Waals surface area contributed by atoms with Crippen LogP contribution in [0.2, 0.25) is 10.0 Å². The highest BCUT2D eigenvalue weighted by atomic mass is 79.9. The van der Waals surface area contributed by atoms with Gasteiger partial charge in [0, 0.05) is 39.6 Å². The van der Waals surface area contributed by atoms with E-state index in [4.69, 9.17) is 23.2 Å². The Hall–Kier alpha value is -2.35. The first-order valence-electron chi connectivity index (χ1n) is 8.94. The molecule has 2 N–H and O–H groups in total. The molecule has 3 heterocycles. The Labute approximate surface area is 186 Å². The van der Waals surface area contributed by atoms with Crippen molar-refractivity contribution in [2.75, 3.05) is 5.32 Å². The van der Waals surface area contributed by atoms with Crippen molar-refractivity contribution in [1.29, 1.82) is 0 Å². The number of rotatable bonds is 4. The van der Waals surface area contributed by atoms with Gasteiger partial charge in [-0.3, -0.25) is 5.21 Å². The highest BCUT2D eigenvalue weighted by molar-refractivity contribution is 9.10. The molecule has 0 aliphatic heterocycles. The second kappa shape index (κ2) is 9.43. The summed E-state index contributed by atoms with van der Waals surface area (Å²) < 4.78 is 3.49. The Kier molecular flexibility index (Phi) is 6.95. The molecule has 0 aliphatic carbocycles. The van der Waals surface area contributed by atoms with Gasteiger partial charge in [0.05, 0.1) is 21.4 Å². The summed E-state index contributed by atoms with van der Waals surface area (Å²) in [7, 11) is 0. The predicted octanol–water partition coefficient (Wildman–Crippen LogP) is 5.63. The number of hydrogen-bond acceptors (Lipinski definition) is 4. The maximum absolute atomic E-state index is 9.56. The lowest BCUT2D eigenvalue weighted by Gasteiger charge is -2.11. The molecule has 4 aromatic rings. The fraction of sp³-hybridized carbons (Fsp3) is 0.150. The van der Waals surface area contributed by atoms with Crippen molar-refractivity contribution in [3.63, 3.8) is 0 Å². The van der Waals surface area contributed by atoms with E-state index in [1.807, 2.05) is 32.0 Å². The van der Waals surface area contributed by atoms with Gasteiger partial charge in [0.25, 0.3) is 0 Å². The smallest absolute Gasteiger partial charge is 0.227 e. The third-order valence-electron chi connectivity index (χ3n) is 3.96. The van der Waals surface area contributed by atoms with Crippen LogP contribution in [0.5, 0.6) is 0 Å². The van der Waals surface area contributed by atoms with Crippen LogP contribution in [-0.2, 0) is 6.54 Å². The number of hydrogen-bond donors (Lipinski definition) is 2. The third-order valence-corrected chi connectivity index (χ3v) is 5.06. The number of benzene rings is 1. The Bertz CT molecular complexity index is 1150. The molecule has 0 radical (unpaired) electrons. The summed E-state index contributed by atoms with van der Waals surface area (Å²) >= 11 is 15.8. The van der Waals surface area contributed by atoms with E-state index in [0.29, 0.717) is 27.9 Å². The minimum absolute atomic E-state index is 0.492. The lowest BCUT2D eigenvalue weighted by molar-refractivity contribution is -0.905. The number of halogens is 3. The highest BCUT2D eigenvalue weighted by Gasteiger charge is 2.14. The first kappa shape index (κ1) is 21.4. The summed E-state index contributed by atoms with van der Waals surface area (Å²) in [6.07, 6.45) is 4.87. The van der Waals surface area contributed by atoms with E-state index < -0.39 is 0 Å². The summed E-state index contributed by atoms with van der Waals surface area (Å²) in [5, 5.41) is 18.3. The van der Waals surface area contributed by atoms with Gasteiger partial charge in [0.1, 0.15) is 5.82 Å².